The predicted molar refractivity (Wildman–Crippen MR) is 92.6 cm³/mol. The van der Waals surface area contributed by atoms with E-state index < -0.39 is 0 Å². The number of benzene rings is 1. The molecule has 0 aliphatic carbocycles. The molecule has 1 aromatic carbocycles. The zero-order chi connectivity index (χ0) is 17.3. The van der Waals surface area contributed by atoms with Crippen LogP contribution < -0.4 is 5.32 Å². The van der Waals surface area contributed by atoms with Crippen molar-refractivity contribution >= 4 is 5.91 Å². The highest BCUT2D eigenvalue weighted by atomic mass is 16.2. The second-order valence-corrected chi connectivity index (χ2v) is 6.07. The molecule has 0 saturated heterocycles. The fraction of sp³-hybridized carbons (Fsp3) is 0.278. The van der Waals surface area contributed by atoms with E-state index >= 15 is 0 Å². The first-order valence-electron chi connectivity index (χ1n) is 7.87. The Balaban J connectivity index is 1.74. The maximum atomic E-state index is 12.4. The third-order valence-electron chi connectivity index (χ3n) is 4.04. The monoisotopic (exact) mass is 323 g/mol. The molecule has 0 saturated carbocycles. The number of aromatic amines is 1. The molecule has 0 aliphatic heterocycles. The molecule has 6 nitrogen and oxygen atoms in total. The molecule has 1 amide bonds. The zero-order valence-electron chi connectivity index (χ0n) is 14.3. The minimum absolute atomic E-state index is 0.127. The van der Waals surface area contributed by atoms with Gasteiger partial charge in [0.2, 0.25) is 0 Å². The third-order valence-corrected chi connectivity index (χ3v) is 4.04. The number of rotatable bonds is 4. The van der Waals surface area contributed by atoms with Gasteiger partial charge in [-0.05, 0) is 26.8 Å². The number of carbonyl (C=O) groups excluding carboxylic acids is 1. The van der Waals surface area contributed by atoms with Crippen molar-refractivity contribution in [3.05, 3.63) is 59.0 Å². The maximum absolute atomic E-state index is 12.4. The van der Waals surface area contributed by atoms with Crippen molar-refractivity contribution in [1.82, 2.24) is 25.3 Å². The van der Waals surface area contributed by atoms with Gasteiger partial charge in [0.1, 0.15) is 5.69 Å². The summed E-state index contributed by atoms with van der Waals surface area (Å²) in [5.41, 5.74) is 5.28. The average molecular weight is 323 g/mol. The van der Waals surface area contributed by atoms with Gasteiger partial charge < -0.3 is 5.32 Å². The van der Waals surface area contributed by atoms with Gasteiger partial charge in [-0.3, -0.25) is 14.6 Å². The Morgan fingerprint density at radius 2 is 1.96 bits per heavy atom. The van der Waals surface area contributed by atoms with Crippen molar-refractivity contribution < 1.29 is 4.79 Å². The summed E-state index contributed by atoms with van der Waals surface area (Å²) in [6.07, 6.45) is 1.92. The van der Waals surface area contributed by atoms with Gasteiger partial charge in [0.15, 0.2) is 0 Å². The number of hydrogen-bond acceptors (Lipinski definition) is 3. The van der Waals surface area contributed by atoms with Crippen LogP contribution >= 0.6 is 0 Å². The van der Waals surface area contributed by atoms with Crippen LogP contribution in [0.25, 0.3) is 11.3 Å². The van der Waals surface area contributed by atoms with Gasteiger partial charge in [0, 0.05) is 24.4 Å². The van der Waals surface area contributed by atoms with E-state index in [1.165, 1.54) is 5.56 Å². The molecule has 3 aromatic rings. The number of nitrogens with zero attached hydrogens (tertiary/aromatic N) is 3. The van der Waals surface area contributed by atoms with Gasteiger partial charge in [0.25, 0.3) is 5.91 Å². The lowest BCUT2D eigenvalue weighted by atomic mass is 10.1. The molecule has 124 valence electrons. The fourth-order valence-corrected chi connectivity index (χ4v) is 2.71. The lowest BCUT2D eigenvalue weighted by molar-refractivity contribution is 0.0934. The van der Waals surface area contributed by atoms with E-state index in [4.69, 9.17) is 0 Å². The number of hydrogen-bond donors (Lipinski definition) is 2. The van der Waals surface area contributed by atoms with E-state index in [1.54, 1.807) is 10.7 Å². The molecule has 0 bridgehead atoms. The second kappa shape index (κ2) is 6.31. The number of amides is 1. The zero-order valence-corrected chi connectivity index (χ0v) is 14.3. The summed E-state index contributed by atoms with van der Waals surface area (Å²) in [6.45, 7) is 5.91. The van der Waals surface area contributed by atoms with Crippen LogP contribution in [0.3, 0.4) is 0 Å². The van der Waals surface area contributed by atoms with Crippen molar-refractivity contribution in [3.8, 4) is 11.3 Å². The van der Waals surface area contributed by atoms with Crippen LogP contribution in [0.5, 0.6) is 0 Å². The summed E-state index contributed by atoms with van der Waals surface area (Å²) in [4.78, 5) is 12.4. The molecule has 1 atom stereocenters. The van der Waals surface area contributed by atoms with Gasteiger partial charge in [-0.15, -0.1) is 0 Å². The molecule has 3 rings (SSSR count). The summed E-state index contributed by atoms with van der Waals surface area (Å²) in [5, 5.41) is 14.3. The Morgan fingerprint density at radius 1 is 1.25 bits per heavy atom. The van der Waals surface area contributed by atoms with Crippen LogP contribution in [-0.2, 0) is 7.05 Å². The number of carbonyl (C=O) groups is 1. The molecule has 0 fully saturated rings. The van der Waals surface area contributed by atoms with E-state index in [0.717, 1.165) is 22.5 Å². The van der Waals surface area contributed by atoms with Crippen LogP contribution in [0.2, 0.25) is 0 Å². The molecule has 2 N–H and O–H groups in total. The molecule has 2 heterocycles. The highest BCUT2D eigenvalue weighted by Gasteiger charge is 2.17. The van der Waals surface area contributed by atoms with Gasteiger partial charge >= 0.3 is 0 Å². The van der Waals surface area contributed by atoms with E-state index in [1.807, 2.05) is 58.3 Å². The first-order valence-corrected chi connectivity index (χ1v) is 7.87. The molecule has 0 aliphatic rings. The molecule has 2 aromatic heterocycles. The smallest absolute Gasteiger partial charge is 0.269 e. The van der Waals surface area contributed by atoms with E-state index in [0.29, 0.717) is 5.69 Å². The second-order valence-electron chi connectivity index (χ2n) is 6.07. The molecule has 0 radical (unpaired) electrons. The highest BCUT2D eigenvalue weighted by Crippen LogP contribution is 2.19. The SMILES string of the molecule is Cc1ccc(-c2cc(C(=O)NC(C)c3cn(C)nc3C)[nH]n2)cc1. The van der Waals surface area contributed by atoms with Crippen LogP contribution in [-0.4, -0.2) is 25.9 Å². The maximum Gasteiger partial charge on any atom is 0.269 e. The highest BCUT2D eigenvalue weighted by molar-refractivity contribution is 5.93. The number of H-pyrrole nitrogens is 1. The third kappa shape index (κ3) is 3.22. The summed E-state index contributed by atoms with van der Waals surface area (Å²) < 4.78 is 1.75. The van der Waals surface area contributed by atoms with Crippen LogP contribution in [0.4, 0.5) is 0 Å². The van der Waals surface area contributed by atoms with Gasteiger partial charge in [-0.1, -0.05) is 29.8 Å². The van der Waals surface area contributed by atoms with Crippen molar-refractivity contribution in [1.29, 1.82) is 0 Å². The Bertz CT molecular complexity index is 860. The number of aromatic nitrogens is 4. The van der Waals surface area contributed by atoms with Crippen molar-refractivity contribution in [2.24, 2.45) is 7.05 Å². The van der Waals surface area contributed by atoms with Gasteiger partial charge in [-0.25, -0.2) is 0 Å². The Labute approximate surface area is 140 Å². The van der Waals surface area contributed by atoms with Crippen LogP contribution in [0.15, 0.2) is 36.5 Å². The van der Waals surface area contributed by atoms with Crippen LogP contribution in [0, 0.1) is 13.8 Å². The first kappa shape index (κ1) is 16.0. The predicted octanol–water partition coefficient (Wildman–Crippen LogP) is 2.92. The quantitative estimate of drug-likeness (QED) is 0.775. The van der Waals surface area contributed by atoms with E-state index in [2.05, 4.69) is 20.6 Å². The summed E-state index contributed by atoms with van der Waals surface area (Å²) in [5.74, 6) is -0.184. The normalized spacial score (nSPS) is 12.2. The topological polar surface area (TPSA) is 75.6 Å². The van der Waals surface area contributed by atoms with Crippen molar-refractivity contribution in [2.45, 2.75) is 26.8 Å². The standard InChI is InChI=1S/C18H21N5O/c1-11-5-7-14(8-6-11)16-9-17(21-20-16)18(24)19-12(2)15-10-23(4)22-13(15)3/h5-10,12H,1-4H3,(H,19,24)(H,20,21). The first-order chi connectivity index (χ1) is 11.4. The van der Waals surface area contributed by atoms with Gasteiger partial charge in [-0.2, -0.15) is 10.2 Å². The Kier molecular flexibility index (Phi) is 4.20. The summed E-state index contributed by atoms with van der Waals surface area (Å²) in [7, 11) is 1.87. The van der Waals surface area contributed by atoms with Crippen LogP contribution in [0.1, 0.15) is 40.3 Å². The fourth-order valence-electron chi connectivity index (χ4n) is 2.71. The molecule has 0 spiro atoms. The molecule has 1 unspecified atom stereocenters. The molecular formula is C18H21N5O. The molecule has 6 heteroatoms. The molecule has 24 heavy (non-hydrogen) atoms. The number of aryl methyl sites for hydroxylation is 3. The average Bonchev–Trinajstić information content (AvgIpc) is 3.14. The Morgan fingerprint density at radius 3 is 2.58 bits per heavy atom. The van der Waals surface area contributed by atoms with E-state index in [9.17, 15) is 4.79 Å². The largest absolute Gasteiger partial charge is 0.344 e. The minimum Gasteiger partial charge on any atom is -0.344 e. The summed E-state index contributed by atoms with van der Waals surface area (Å²) in [6, 6.07) is 9.68. The summed E-state index contributed by atoms with van der Waals surface area (Å²) >= 11 is 0. The van der Waals surface area contributed by atoms with Crippen molar-refractivity contribution in [3.63, 3.8) is 0 Å². The number of nitrogens with one attached hydrogen (secondary N) is 2. The Hall–Kier alpha value is -2.89. The lowest BCUT2D eigenvalue weighted by Gasteiger charge is -2.12. The van der Waals surface area contributed by atoms with Crippen molar-refractivity contribution in [2.75, 3.05) is 0 Å². The van der Waals surface area contributed by atoms with Gasteiger partial charge in [0.05, 0.1) is 17.4 Å². The van der Waals surface area contributed by atoms with E-state index in [-0.39, 0.29) is 11.9 Å². The minimum atomic E-state index is -0.184. The molecular weight excluding hydrogens is 302 g/mol. The lowest BCUT2D eigenvalue weighted by Crippen LogP contribution is -2.27.